The Hall–Kier alpha value is -1.83. The second-order valence-corrected chi connectivity index (χ2v) is 2.75. The van der Waals surface area contributed by atoms with Crippen LogP contribution in [0.1, 0.15) is 5.56 Å². The van der Waals surface area contributed by atoms with Gasteiger partial charge in [-0.2, -0.15) is 0 Å². The molecule has 2 N–H and O–H groups in total. The van der Waals surface area contributed by atoms with Crippen LogP contribution in [0.2, 0.25) is 0 Å². The second-order valence-electron chi connectivity index (χ2n) is 2.75. The maximum Gasteiger partial charge on any atom is 0.0785 e. The number of rotatable bonds is 3. The molecule has 2 heteroatoms. The molecule has 0 saturated carbocycles. The van der Waals surface area contributed by atoms with E-state index in [1.54, 1.807) is 6.08 Å². The van der Waals surface area contributed by atoms with E-state index in [1.165, 1.54) is 0 Å². The summed E-state index contributed by atoms with van der Waals surface area (Å²) in [5.41, 5.74) is 8.37. The molecular weight excluding hydrogens is 189 g/mol. The van der Waals surface area contributed by atoms with E-state index in [4.69, 9.17) is 5.73 Å². The Morgan fingerprint density at radius 2 is 2.07 bits per heavy atom. The number of benzene rings is 1. The molecule has 0 aliphatic heterocycles. The van der Waals surface area contributed by atoms with Gasteiger partial charge in [0.25, 0.3) is 0 Å². The summed E-state index contributed by atoms with van der Waals surface area (Å²) in [6, 6.07) is 7.65. The predicted molar refractivity (Wildman–Crippen MR) is 66.3 cm³/mol. The molecule has 0 aliphatic carbocycles. The van der Waals surface area contributed by atoms with Crippen LogP contribution in [-0.2, 0) is 0 Å². The molecule has 15 heavy (non-hydrogen) atoms. The molecule has 1 aromatic carbocycles. The topological polar surface area (TPSA) is 26.0 Å². The van der Waals surface area contributed by atoms with Crippen LogP contribution < -0.4 is 5.73 Å². The van der Waals surface area contributed by atoms with Crippen molar-refractivity contribution in [3.8, 4) is 0 Å². The summed E-state index contributed by atoms with van der Waals surface area (Å²) in [6.45, 7) is 7.50. The Kier molecular flexibility index (Phi) is 6.64. The predicted octanol–water partition coefficient (Wildman–Crippen LogP) is 3.61. The number of halogens is 1. The molecule has 0 amide bonds. The van der Waals surface area contributed by atoms with Crippen molar-refractivity contribution in [3.05, 3.63) is 61.2 Å². The molecule has 0 saturated heterocycles. The summed E-state index contributed by atoms with van der Waals surface area (Å²) in [7, 11) is 0.500. The standard InChI is InChI=1S/C12H13N.CH3F/c1-3-4-6-10(2)11-7-5-8-12(13)9-11;1-2/h3-9H,1-2,13H2;1H3/b6-4-;. The summed E-state index contributed by atoms with van der Waals surface area (Å²) in [5, 5.41) is 0. The minimum Gasteiger partial charge on any atom is -0.399 e. The van der Waals surface area contributed by atoms with Crippen LogP contribution in [0, 0.1) is 0 Å². The molecule has 0 aliphatic rings. The summed E-state index contributed by atoms with van der Waals surface area (Å²) in [5.74, 6) is 0. The molecule has 1 nitrogen and oxygen atoms in total. The van der Waals surface area contributed by atoms with Gasteiger partial charge in [-0.05, 0) is 23.3 Å². The summed E-state index contributed by atoms with van der Waals surface area (Å²) in [6.07, 6.45) is 5.48. The number of allylic oxidation sites excluding steroid dienone is 4. The maximum atomic E-state index is 9.50. The summed E-state index contributed by atoms with van der Waals surface area (Å²) < 4.78 is 9.50. The largest absolute Gasteiger partial charge is 0.399 e. The van der Waals surface area contributed by atoms with Gasteiger partial charge in [0.2, 0.25) is 0 Å². The number of hydrogen-bond donors (Lipinski definition) is 1. The Bertz CT molecular complexity index is 353. The van der Waals surface area contributed by atoms with E-state index in [9.17, 15) is 4.39 Å². The van der Waals surface area contributed by atoms with Gasteiger partial charge in [-0.1, -0.05) is 43.5 Å². The van der Waals surface area contributed by atoms with Gasteiger partial charge < -0.3 is 5.73 Å². The van der Waals surface area contributed by atoms with Crippen molar-refractivity contribution in [1.82, 2.24) is 0 Å². The van der Waals surface area contributed by atoms with Crippen molar-refractivity contribution in [2.24, 2.45) is 0 Å². The zero-order valence-corrected chi connectivity index (χ0v) is 8.91. The third-order valence-electron chi connectivity index (χ3n) is 1.69. The van der Waals surface area contributed by atoms with Crippen LogP contribution in [0.25, 0.3) is 5.57 Å². The van der Waals surface area contributed by atoms with Gasteiger partial charge >= 0.3 is 0 Å². The van der Waals surface area contributed by atoms with E-state index in [-0.39, 0.29) is 0 Å². The molecule has 0 spiro atoms. The maximum absolute atomic E-state index is 9.50. The third kappa shape index (κ3) is 4.81. The van der Waals surface area contributed by atoms with E-state index in [1.807, 2.05) is 36.4 Å². The molecule has 80 valence electrons. The molecule has 1 aromatic rings. The van der Waals surface area contributed by atoms with Crippen molar-refractivity contribution in [2.45, 2.75) is 0 Å². The van der Waals surface area contributed by atoms with Gasteiger partial charge in [-0.3, -0.25) is 4.39 Å². The molecular formula is C13H16FN. The molecule has 0 aromatic heterocycles. The fraction of sp³-hybridized carbons (Fsp3) is 0.0769. The average Bonchev–Trinajstić information content (AvgIpc) is 2.28. The van der Waals surface area contributed by atoms with E-state index < -0.39 is 0 Å². The zero-order valence-electron chi connectivity index (χ0n) is 8.91. The monoisotopic (exact) mass is 205 g/mol. The fourth-order valence-corrected chi connectivity index (χ4v) is 1.02. The lowest BCUT2D eigenvalue weighted by Crippen LogP contribution is -1.85. The first-order valence-corrected chi connectivity index (χ1v) is 4.46. The highest BCUT2D eigenvalue weighted by atomic mass is 19.1. The number of anilines is 1. The lowest BCUT2D eigenvalue weighted by Gasteiger charge is -2.00. The molecule has 1 rings (SSSR count). The third-order valence-corrected chi connectivity index (χ3v) is 1.69. The lowest BCUT2D eigenvalue weighted by molar-refractivity contribution is 0.636. The first kappa shape index (κ1) is 13.2. The van der Waals surface area contributed by atoms with Gasteiger partial charge in [-0.15, -0.1) is 0 Å². The van der Waals surface area contributed by atoms with E-state index in [0.29, 0.717) is 7.18 Å². The zero-order chi connectivity index (χ0) is 11.7. The van der Waals surface area contributed by atoms with Crippen LogP contribution in [0.15, 0.2) is 55.7 Å². The Labute approximate surface area is 90.4 Å². The van der Waals surface area contributed by atoms with Gasteiger partial charge in [-0.25, -0.2) is 0 Å². The van der Waals surface area contributed by atoms with Crippen molar-refractivity contribution in [1.29, 1.82) is 0 Å². The van der Waals surface area contributed by atoms with Gasteiger partial charge in [0.1, 0.15) is 0 Å². The smallest absolute Gasteiger partial charge is 0.0785 e. The first-order chi connectivity index (χ1) is 7.24. The Morgan fingerprint density at radius 1 is 1.40 bits per heavy atom. The van der Waals surface area contributed by atoms with Crippen molar-refractivity contribution >= 4 is 11.3 Å². The quantitative estimate of drug-likeness (QED) is 0.592. The first-order valence-electron chi connectivity index (χ1n) is 4.46. The lowest BCUT2D eigenvalue weighted by atomic mass is 10.1. The summed E-state index contributed by atoms with van der Waals surface area (Å²) in [4.78, 5) is 0. The van der Waals surface area contributed by atoms with Crippen LogP contribution in [0.5, 0.6) is 0 Å². The normalized spacial score (nSPS) is 9.20. The van der Waals surface area contributed by atoms with E-state index >= 15 is 0 Å². The number of alkyl halides is 1. The van der Waals surface area contributed by atoms with Crippen molar-refractivity contribution in [3.63, 3.8) is 0 Å². The SMILES string of the molecule is C=C/C=C\C(=C)c1cccc(N)c1.CF. The number of nitrogen functional groups attached to an aromatic ring is 1. The van der Waals surface area contributed by atoms with Gasteiger partial charge in [0.05, 0.1) is 7.18 Å². The van der Waals surface area contributed by atoms with Crippen LogP contribution >= 0.6 is 0 Å². The van der Waals surface area contributed by atoms with Crippen molar-refractivity contribution < 1.29 is 4.39 Å². The molecule has 0 bridgehead atoms. The van der Waals surface area contributed by atoms with Gasteiger partial charge in [0.15, 0.2) is 0 Å². The highest BCUT2D eigenvalue weighted by Crippen LogP contribution is 2.16. The molecule has 0 atom stereocenters. The highest BCUT2D eigenvalue weighted by molar-refractivity contribution is 5.73. The fourth-order valence-electron chi connectivity index (χ4n) is 1.02. The van der Waals surface area contributed by atoms with Crippen LogP contribution in [0.4, 0.5) is 10.1 Å². The minimum absolute atomic E-state index is 0.500. The highest BCUT2D eigenvalue weighted by Gasteiger charge is 1.93. The number of hydrogen-bond acceptors (Lipinski definition) is 1. The summed E-state index contributed by atoms with van der Waals surface area (Å²) >= 11 is 0. The molecule has 0 fully saturated rings. The van der Waals surface area contributed by atoms with Crippen molar-refractivity contribution in [2.75, 3.05) is 12.9 Å². The molecule has 0 unspecified atom stereocenters. The number of nitrogens with two attached hydrogens (primary N) is 1. The molecule has 0 radical (unpaired) electrons. The second kappa shape index (κ2) is 7.56. The van der Waals surface area contributed by atoms with Crippen LogP contribution in [-0.4, -0.2) is 7.18 Å². The van der Waals surface area contributed by atoms with E-state index in [0.717, 1.165) is 16.8 Å². The minimum atomic E-state index is 0.500. The van der Waals surface area contributed by atoms with Gasteiger partial charge in [0, 0.05) is 5.69 Å². The average molecular weight is 205 g/mol. The van der Waals surface area contributed by atoms with E-state index in [2.05, 4.69) is 13.2 Å². The van der Waals surface area contributed by atoms with Crippen LogP contribution in [0.3, 0.4) is 0 Å². The Morgan fingerprint density at radius 3 is 2.60 bits per heavy atom. The Balaban J connectivity index is 0.000000921. The molecule has 0 heterocycles.